The molecule has 0 atom stereocenters. The van der Waals surface area contributed by atoms with Crippen LogP contribution >= 0.6 is 0 Å². The van der Waals surface area contributed by atoms with Crippen LogP contribution in [0.5, 0.6) is 0 Å². The second-order valence-electron chi connectivity index (χ2n) is 4.67. The second-order valence-corrected chi connectivity index (χ2v) is 6.65. The Hall–Kier alpha value is -1.56. The third-order valence-corrected chi connectivity index (χ3v) is 3.56. The Labute approximate surface area is 114 Å². The molecule has 0 fully saturated rings. The van der Waals surface area contributed by atoms with Crippen LogP contribution in [0, 0.1) is 0 Å². The van der Waals surface area contributed by atoms with Crippen molar-refractivity contribution in [1.29, 1.82) is 0 Å². The van der Waals surface area contributed by atoms with E-state index in [1.54, 1.807) is 24.3 Å². The molecule has 0 saturated carbocycles. The first-order valence-electron chi connectivity index (χ1n) is 6.13. The van der Waals surface area contributed by atoms with Gasteiger partial charge in [-0.2, -0.15) is 0 Å². The zero-order valence-corrected chi connectivity index (χ0v) is 12.3. The highest BCUT2D eigenvalue weighted by Gasteiger charge is 2.12. The summed E-state index contributed by atoms with van der Waals surface area (Å²) in [6.45, 7) is 4.18. The summed E-state index contributed by atoms with van der Waals surface area (Å²) in [6.07, 6.45) is 1.47. The van der Waals surface area contributed by atoms with Crippen LogP contribution < -0.4 is 10.6 Å². The van der Waals surface area contributed by atoms with Gasteiger partial charge in [0.15, 0.2) is 9.84 Å². The van der Waals surface area contributed by atoms with Crippen molar-refractivity contribution in [3.8, 4) is 0 Å². The van der Waals surface area contributed by atoms with Crippen molar-refractivity contribution < 1.29 is 13.2 Å². The lowest BCUT2D eigenvalue weighted by Gasteiger charge is -2.11. The molecule has 0 unspecified atom stereocenters. The maximum atomic E-state index is 11.6. The third-order valence-electron chi connectivity index (χ3n) is 2.40. The predicted molar refractivity (Wildman–Crippen MR) is 75.9 cm³/mol. The summed E-state index contributed by atoms with van der Waals surface area (Å²) >= 11 is 0. The van der Waals surface area contributed by atoms with Crippen molar-refractivity contribution in [2.24, 2.45) is 0 Å². The molecule has 1 aromatic rings. The fourth-order valence-corrected chi connectivity index (χ4v) is 2.51. The number of benzene rings is 1. The zero-order chi connectivity index (χ0) is 14.5. The molecule has 0 spiro atoms. The van der Waals surface area contributed by atoms with Crippen LogP contribution in [0.1, 0.15) is 20.3 Å². The second kappa shape index (κ2) is 6.56. The monoisotopic (exact) mass is 284 g/mol. The summed E-state index contributed by atoms with van der Waals surface area (Å²) < 4.78 is 23.2. The molecule has 106 valence electrons. The first kappa shape index (κ1) is 15.5. The van der Waals surface area contributed by atoms with Gasteiger partial charge in [0.05, 0.1) is 10.6 Å². The van der Waals surface area contributed by atoms with Gasteiger partial charge in [-0.3, -0.25) is 4.79 Å². The molecule has 6 heteroatoms. The van der Waals surface area contributed by atoms with Crippen LogP contribution in [-0.2, 0) is 14.6 Å². The third kappa shape index (κ3) is 5.30. The van der Waals surface area contributed by atoms with Gasteiger partial charge >= 0.3 is 0 Å². The molecular formula is C13H20N2O3S. The van der Waals surface area contributed by atoms with E-state index in [0.717, 1.165) is 0 Å². The maximum absolute atomic E-state index is 11.6. The van der Waals surface area contributed by atoms with Crippen LogP contribution in [-0.4, -0.2) is 33.2 Å². The van der Waals surface area contributed by atoms with Crippen LogP contribution in [0.4, 0.5) is 5.69 Å². The molecule has 1 amide bonds. The number of carbonyl (C=O) groups is 1. The van der Waals surface area contributed by atoms with Gasteiger partial charge in [0.2, 0.25) is 5.91 Å². The van der Waals surface area contributed by atoms with E-state index in [0.29, 0.717) is 18.7 Å². The van der Waals surface area contributed by atoms with Gasteiger partial charge < -0.3 is 10.6 Å². The summed E-state index contributed by atoms with van der Waals surface area (Å²) in [4.78, 5) is 11.7. The molecule has 19 heavy (non-hydrogen) atoms. The SMILES string of the molecule is CC(C)NC(=O)CCNc1ccccc1S(C)(=O)=O. The largest absolute Gasteiger partial charge is 0.383 e. The number of para-hydroxylation sites is 1. The van der Waals surface area contributed by atoms with E-state index in [9.17, 15) is 13.2 Å². The summed E-state index contributed by atoms with van der Waals surface area (Å²) in [5.74, 6) is -0.0562. The molecule has 0 aliphatic heterocycles. The molecule has 2 N–H and O–H groups in total. The Kier molecular flexibility index (Phi) is 5.35. The van der Waals surface area contributed by atoms with Crippen molar-refractivity contribution in [3.63, 3.8) is 0 Å². The zero-order valence-electron chi connectivity index (χ0n) is 11.4. The maximum Gasteiger partial charge on any atom is 0.221 e. The van der Waals surface area contributed by atoms with E-state index in [1.165, 1.54) is 6.26 Å². The van der Waals surface area contributed by atoms with E-state index in [1.807, 2.05) is 13.8 Å². The van der Waals surface area contributed by atoms with E-state index in [-0.39, 0.29) is 16.8 Å². The molecule has 0 saturated heterocycles. The molecule has 1 aromatic carbocycles. The summed E-state index contributed by atoms with van der Waals surface area (Å²) in [5.41, 5.74) is 0.530. The molecule has 0 aromatic heterocycles. The van der Waals surface area contributed by atoms with Crippen molar-refractivity contribution >= 4 is 21.4 Å². The first-order chi connectivity index (χ1) is 8.80. The topological polar surface area (TPSA) is 75.3 Å². The van der Waals surface area contributed by atoms with E-state index < -0.39 is 9.84 Å². The van der Waals surface area contributed by atoms with Crippen molar-refractivity contribution in [2.45, 2.75) is 31.2 Å². The number of nitrogens with one attached hydrogen (secondary N) is 2. The van der Waals surface area contributed by atoms with Crippen molar-refractivity contribution in [1.82, 2.24) is 5.32 Å². The molecule has 0 radical (unpaired) electrons. The average molecular weight is 284 g/mol. The van der Waals surface area contributed by atoms with Gasteiger partial charge in [-0.15, -0.1) is 0 Å². The normalized spacial score (nSPS) is 11.4. The van der Waals surface area contributed by atoms with Gasteiger partial charge in [0.25, 0.3) is 0 Å². The standard InChI is InChI=1S/C13H20N2O3S/c1-10(2)15-13(16)8-9-14-11-6-4-5-7-12(11)19(3,17)18/h4-7,10,14H,8-9H2,1-3H3,(H,15,16). The number of sulfone groups is 1. The Balaban J connectivity index is 2.62. The number of rotatable bonds is 6. The molecule has 5 nitrogen and oxygen atoms in total. The number of hydrogen-bond acceptors (Lipinski definition) is 4. The van der Waals surface area contributed by atoms with E-state index in [4.69, 9.17) is 0 Å². The predicted octanol–water partition coefficient (Wildman–Crippen LogP) is 1.42. The highest BCUT2D eigenvalue weighted by Crippen LogP contribution is 2.20. The molecule has 0 aliphatic carbocycles. The lowest BCUT2D eigenvalue weighted by Crippen LogP contribution is -2.31. The van der Waals surface area contributed by atoms with Gasteiger partial charge in [-0.25, -0.2) is 8.42 Å². The Morgan fingerprint density at radius 2 is 1.89 bits per heavy atom. The fraction of sp³-hybridized carbons (Fsp3) is 0.462. The van der Waals surface area contributed by atoms with Crippen LogP contribution in [0.3, 0.4) is 0 Å². The summed E-state index contributed by atoms with van der Waals surface area (Å²) in [5, 5.41) is 5.76. The minimum atomic E-state index is -3.27. The van der Waals surface area contributed by atoms with Crippen LogP contribution in [0.15, 0.2) is 29.2 Å². The molecular weight excluding hydrogens is 264 g/mol. The minimum Gasteiger partial charge on any atom is -0.383 e. The Morgan fingerprint density at radius 3 is 2.47 bits per heavy atom. The molecule has 0 aliphatic rings. The highest BCUT2D eigenvalue weighted by atomic mass is 32.2. The average Bonchev–Trinajstić information content (AvgIpc) is 2.27. The summed E-state index contributed by atoms with van der Waals surface area (Å²) in [7, 11) is -3.27. The number of amides is 1. The van der Waals surface area contributed by atoms with Gasteiger partial charge in [0, 0.05) is 25.3 Å². The van der Waals surface area contributed by atoms with Gasteiger partial charge in [-0.05, 0) is 26.0 Å². The summed E-state index contributed by atoms with van der Waals surface area (Å²) in [6, 6.07) is 6.77. The van der Waals surface area contributed by atoms with Crippen LogP contribution in [0.25, 0.3) is 0 Å². The smallest absolute Gasteiger partial charge is 0.221 e. The lowest BCUT2D eigenvalue weighted by molar-refractivity contribution is -0.121. The number of anilines is 1. The molecule has 1 rings (SSSR count). The van der Waals surface area contributed by atoms with Crippen molar-refractivity contribution in [3.05, 3.63) is 24.3 Å². The van der Waals surface area contributed by atoms with Crippen molar-refractivity contribution in [2.75, 3.05) is 18.1 Å². The van der Waals surface area contributed by atoms with Gasteiger partial charge in [-0.1, -0.05) is 12.1 Å². The Bertz CT molecular complexity index is 539. The van der Waals surface area contributed by atoms with E-state index in [2.05, 4.69) is 10.6 Å². The first-order valence-corrected chi connectivity index (χ1v) is 8.02. The quantitative estimate of drug-likeness (QED) is 0.828. The van der Waals surface area contributed by atoms with Gasteiger partial charge in [0.1, 0.15) is 0 Å². The number of carbonyl (C=O) groups excluding carboxylic acids is 1. The minimum absolute atomic E-state index is 0.0562. The lowest BCUT2D eigenvalue weighted by atomic mass is 10.3. The van der Waals surface area contributed by atoms with E-state index >= 15 is 0 Å². The molecule has 0 bridgehead atoms. The van der Waals surface area contributed by atoms with Crippen LogP contribution in [0.2, 0.25) is 0 Å². The number of hydrogen-bond donors (Lipinski definition) is 2. The highest BCUT2D eigenvalue weighted by molar-refractivity contribution is 7.90. The fourth-order valence-electron chi connectivity index (χ4n) is 1.64. The molecule has 0 heterocycles. The Morgan fingerprint density at radius 1 is 1.26 bits per heavy atom.